The second-order valence-electron chi connectivity index (χ2n) is 5.25. The highest BCUT2D eigenvalue weighted by Gasteiger charge is 2.25. The van der Waals surface area contributed by atoms with E-state index in [0.717, 1.165) is 48.0 Å². The van der Waals surface area contributed by atoms with Crippen molar-refractivity contribution in [3.05, 3.63) is 42.0 Å². The van der Waals surface area contributed by atoms with Gasteiger partial charge in [0.2, 0.25) is 0 Å². The maximum Gasteiger partial charge on any atom is 0.126 e. The number of hydrogen-bond donors (Lipinski definition) is 1. The van der Waals surface area contributed by atoms with Gasteiger partial charge in [-0.15, -0.1) is 0 Å². The Morgan fingerprint density at radius 1 is 1.15 bits per heavy atom. The van der Waals surface area contributed by atoms with Crippen LogP contribution in [-0.4, -0.2) is 24.9 Å². The zero-order valence-electron chi connectivity index (χ0n) is 11.7. The molecule has 2 unspecified atom stereocenters. The topological polar surface area (TPSA) is 38.7 Å². The fourth-order valence-corrected chi connectivity index (χ4v) is 2.95. The molecule has 3 nitrogen and oxygen atoms in total. The highest BCUT2D eigenvalue weighted by Crippen LogP contribution is 2.35. The van der Waals surface area contributed by atoms with Crippen LogP contribution < -0.4 is 4.74 Å². The van der Waals surface area contributed by atoms with Crippen molar-refractivity contribution in [2.75, 3.05) is 13.7 Å². The van der Waals surface area contributed by atoms with E-state index >= 15 is 0 Å². The number of rotatable bonds is 3. The number of aliphatic hydroxyl groups is 1. The van der Waals surface area contributed by atoms with Gasteiger partial charge in [0.15, 0.2) is 0 Å². The van der Waals surface area contributed by atoms with Crippen molar-refractivity contribution >= 4 is 10.8 Å². The number of benzene rings is 2. The highest BCUT2D eigenvalue weighted by atomic mass is 16.5. The molecule has 1 N–H and O–H groups in total. The Kier molecular flexibility index (Phi) is 3.90. The maximum absolute atomic E-state index is 10.6. The molecular formula is C17H20O3. The van der Waals surface area contributed by atoms with E-state index in [1.165, 1.54) is 0 Å². The SMILES string of the molecule is COc1ccc(C(O)C2CCCCO2)c2ccccc12. The molecule has 1 aliphatic heterocycles. The summed E-state index contributed by atoms with van der Waals surface area (Å²) < 4.78 is 11.1. The van der Waals surface area contributed by atoms with E-state index in [1.54, 1.807) is 7.11 Å². The second-order valence-corrected chi connectivity index (χ2v) is 5.25. The average molecular weight is 272 g/mol. The van der Waals surface area contributed by atoms with Gasteiger partial charge in [0.05, 0.1) is 13.2 Å². The summed E-state index contributed by atoms with van der Waals surface area (Å²) in [4.78, 5) is 0. The van der Waals surface area contributed by atoms with Crippen LogP contribution in [0.4, 0.5) is 0 Å². The van der Waals surface area contributed by atoms with Crippen LogP contribution in [0.5, 0.6) is 5.75 Å². The van der Waals surface area contributed by atoms with Gasteiger partial charge in [-0.05, 0) is 36.3 Å². The minimum Gasteiger partial charge on any atom is -0.496 e. The molecule has 1 fully saturated rings. The van der Waals surface area contributed by atoms with Gasteiger partial charge in [0.1, 0.15) is 11.9 Å². The summed E-state index contributed by atoms with van der Waals surface area (Å²) in [7, 11) is 1.67. The van der Waals surface area contributed by atoms with Crippen LogP contribution in [-0.2, 0) is 4.74 Å². The first-order valence-corrected chi connectivity index (χ1v) is 7.16. The Hall–Kier alpha value is -1.58. The Morgan fingerprint density at radius 2 is 1.95 bits per heavy atom. The average Bonchev–Trinajstić information content (AvgIpc) is 2.54. The third kappa shape index (κ3) is 2.39. The van der Waals surface area contributed by atoms with E-state index in [9.17, 15) is 5.11 Å². The largest absolute Gasteiger partial charge is 0.496 e. The van der Waals surface area contributed by atoms with Crippen molar-refractivity contribution < 1.29 is 14.6 Å². The lowest BCUT2D eigenvalue weighted by Gasteiger charge is -2.28. The summed E-state index contributed by atoms with van der Waals surface area (Å²) in [5.74, 6) is 0.834. The zero-order valence-corrected chi connectivity index (χ0v) is 11.7. The number of hydrogen-bond acceptors (Lipinski definition) is 3. The predicted molar refractivity (Wildman–Crippen MR) is 79.1 cm³/mol. The Bertz CT molecular complexity index is 588. The molecule has 3 heteroatoms. The van der Waals surface area contributed by atoms with Crippen LogP contribution in [0, 0.1) is 0 Å². The molecule has 0 aliphatic carbocycles. The van der Waals surface area contributed by atoms with E-state index < -0.39 is 6.10 Å². The number of ether oxygens (including phenoxy) is 2. The second kappa shape index (κ2) is 5.81. The van der Waals surface area contributed by atoms with Crippen LogP contribution in [0.3, 0.4) is 0 Å². The summed E-state index contributed by atoms with van der Waals surface area (Å²) in [6.07, 6.45) is 2.45. The highest BCUT2D eigenvalue weighted by molar-refractivity contribution is 5.91. The van der Waals surface area contributed by atoms with E-state index in [4.69, 9.17) is 9.47 Å². The molecule has 106 valence electrons. The number of fused-ring (bicyclic) bond motifs is 1. The molecule has 0 spiro atoms. The molecule has 0 aromatic heterocycles. The van der Waals surface area contributed by atoms with Crippen molar-refractivity contribution in [3.63, 3.8) is 0 Å². The molecular weight excluding hydrogens is 252 g/mol. The predicted octanol–water partition coefficient (Wildman–Crippen LogP) is 3.45. The van der Waals surface area contributed by atoms with Gasteiger partial charge in [0, 0.05) is 12.0 Å². The van der Waals surface area contributed by atoms with Gasteiger partial charge in [-0.25, -0.2) is 0 Å². The Balaban J connectivity index is 2.02. The van der Waals surface area contributed by atoms with Gasteiger partial charge < -0.3 is 14.6 Å². The summed E-state index contributed by atoms with van der Waals surface area (Å²) in [6.45, 7) is 0.746. The quantitative estimate of drug-likeness (QED) is 0.930. The third-order valence-corrected chi connectivity index (χ3v) is 4.02. The molecule has 1 heterocycles. The summed E-state index contributed by atoms with van der Waals surface area (Å²) in [5, 5.41) is 12.7. The van der Waals surface area contributed by atoms with E-state index in [0.29, 0.717) is 0 Å². The molecule has 3 rings (SSSR count). The van der Waals surface area contributed by atoms with Crippen molar-refractivity contribution in [1.82, 2.24) is 0 Å². The summed E-state index contributed by atoms with van der Waals surface area (Å²) >= 11 is 0. The van der Waals surface area contributed by atoms with Gasteiger partial charge in [0.25, 0.3) is 0 Å². The standard InChI is InChI=1S/C17H20O3/c1-19-15-10-9-14(12-6-2-3-7-13(12)15)17(18)16-8-4-5-11-20-16/h2-3,6-7,9-10,16-18H,4-5,8,11H2,1H3. The lowest BCUT2D eigenvalue weighted by Crippen LogP contribution is -2.26. The molecule has 0 radical (unpaired) electrons. The Morgan fingerprint density at radius 3 is 2.65 bits per heavy atom. The first-order chi connectivity index (χ1) is 9.81. The van der Waals surface area contributed by atoms with Crippen molar-refractivity contribution in [3.8, 4) is 5.75 Å². The first kappa shape index (κ1) is 13.4. The molecule has 2 aromatic carbocycles. The van der Waals surface area contributed by atoms with Crippen LogP contribution >= 0.6 is 0 Å². The van der Waals surface area contributed by atoms with Crippen molar-refractivity contribution in [2.45, 2.75) is 31.5 Å². The molecule has 0 bridgehead atoms. The molecule has 0 amide bonds. The number of aliphatic hydroxyl groups excluding tert-OH is 1. The smallest absolute Gasteiger partial charge is 0.126 e. The minimum absolute atomic E-state index is 0.0967. The fraction of sp³-hybridized carbons (Fsp3) is 0.412. The molecule has 0 saturated carbocycles. The van der Waals surface area contributed by atoms with Crippen molar-refractivity contribution in [2.24, 2.45) is 0 Å². The summed E-state index contributed by atoms with van der Waals surface area (Å²) in [6, 6.07) is 11.9. The monoisotopic (exact) mass is 272 g/mol. The molecule has 2 atom stereocenters. The molecule has 2 aromatic rings. The van der Waals surface area contributed by atoms with E-state index in [2.05, 4.69) is 0 Å². The minimum atomic E-state index is -0.578. The van der Waals surface area contributed by atoms with Gasteiger partial charge in [-0.2, -0.15) is 0 Å². The van der Waals surface area contributed by atoms with Crippen LogP contribution in [0.25, 0.3) is 10.8 Å². The number of methoxy groups -OCH3 is 1. The third-order valence-electron chi connectivity index (χ3n) is 4.02. The maximum atomic E-state index is 10.6. The van der Waals surface area contributed by atoms with E-state index in [-0.39, 0.29) is 6.10 Å². The van der Waals surface area contributed by atoms with Gasteiger partial charge in [-0.3, -0.25) is 0 Å². The molecule has 20 heavy (non-hydrogen) atoms. The lowest BCUT2D eigenvalue weighted by atomic mass is 9.93. The molecule has 1 aliphatic rings. The zero-order chi connectivity index (χ0) is 13.9. The normalized spacial score (nSPS) is 20.8. The lowest BCUT2D eigenvalue weighted by molar-refractivity contribution is -0.0628. The first-order valence-electron chi connectivity index (χ1n) is 7.16. The van der Waals surface area contributed by atoms with Gasteiger partial charge in [-0.1, -0.05) is 30.3 Å². The van der Waals surface area contributed by atoms with Crippen LogP contribution in [0.1, 0.15) is 30.9 Å². The van der Waals surface area contributed by atoms with Crippen LogP contribution in [0.2, 0.25) is 0 Å². The van der Waals surface area contributed by atoms with E-state index in [1.807, 2.05) is 36.4 Å². The Labute approximate surface area is 119 Å². The molecule has 1 saturated heterocycles. The summed E-state index contributed by atoms with van der Waals surface area (Å²) in [5.41, 5.74) is 0.924. The fourth-order valence-electron chi connectivity index (χ4n) is 2.95. The van der Waals surface area contributed by atoms with Crippen LogP contribution in [0.15, 0.2) is 36.4 Å². The van der Waals surface area contributed by atoms with Gasteiger partial charge >= 0.3 is 0 Å². The van der Waals surface area contributed by atoms with Crippen molar-refractivity contribution in [1.29, 1.82) is 0 Å².